The lowest BCUT2D eigenvalue weighted by atomic mass is 9.56. The van der Waals surface area contributed by atoms with Gasteiger partial charge in [-0.2, -0.15) is 13.2 Å². The second-order valence-corrected chi connectivity index (χ2v) is 10.3. The lowest BCUT2D eigenvalue weighted by Crippen LogP contribution is -2.68. The SMILES string of the molecule is C=C1CO[C@H]2CCN(C(=O)N3CC4(CC(Cc5cnc6nc(C(F)(F)F)cn6c5)C4)C3)C[C@H]2N1. The number of halogens is 3. The van der Waals surface area contributed by atoms with Crippen molar-refractivity contribution in [2.75, 3.05) is 32.8 Å². The zero-order chi connectivity index (χ0) is 23.7. The summed E-state index contributed by atoms with van der Waals surface area (Å²) >= 11 is 0. The topological polar surface area (TPSA) is 75.0 Å². The maximum absolute atomic E-state index is 13.0. The van der Waals surface area contributed by atoms with Crippen LogP contribution < -0.4 is 5.32 Å². The number of ether oxygens (including phenoxy) is 1. The number of urea groups is 1. The van der Waals surface area contributed by atoms with Gasteiger partial charge in [0.1, 0.15) is 0 Å². The van der Waals surface area contributed by atoms with Crippen LogP contribution in [-0.2, 0) is 17.3 Å². The summed E-state index contributed by atoms with van der Waals surface area (Å²) in [6.07, 6.45) is 3.59. The molecule has 182 valence electrons. The second-order valence-electron chi connectivity index (χ2n) is 10.3. The van der Waals surface area contributed by atoms with E-state index in [1.165, 1.54) is 4.40 Å². The molecule has 34 heavy (non-hydrogen) atoms. The van der Waals surface area contributed by atoms with E-state index in [4.69, 9.17) is 4.74 Å². The lowest BCUT2D eigenvalue weighted by molar-refractivity contribution is -0.140. The standard InChI is InChI=1S/C23H27F3N6O2/c1-14-11-34-18-2-3-30(9-17(18)28-14)21(33)32-12-22(13-32)5-15(6-22)4-16-7-27-20-29-19(23(24,25)26)10-31(20)8-16/h7-8,10,15,17-18,28H,1-6,9,11-13H2/t17-,18+/m1/s1. The fourth-order valence-corrected chi connectivity index (χ4v) is 6.12. The van der Waals surface area contributed by atoms with Crippen LogP contribution in [0.5, 0.6) is 0 Å². The van der Waals surface area contributed by atoms with Crippen LogP contribution in [-0.4, -0.2) is 75.1 Å². The summed E-state index contributed by atoms with van der Waals surface area (Å²) in [5, 5.41) is 3.37. The molecule has 8 nitrogen and oxygen atoms in total. The van der Waals surface area contributed by atoms with Crippen molar-refractivity contribution in [1.82, 2.24) is 29.5 Å². The van der Waals surface area contributed by atoms with E-state index in [1.54, 1.807) is 12.4 Å². The Labute approximate surface area is 194 Å². The summed E-state index contributed by atoms with van der Waals surface area (Å²) in [5.41, 5.74) is 1.02. The molecule has 11 heteroatoms. The van der Waals surface area contributed by atoms with Gasteiger partial charge in [-0.1, -0.05) is 6.58 Å². The highest BCUT2D eigenvalue weighted by molar-refractivity contribution is 5.76. The van der Waals surface area contributed by atoms with Gasteiger partial charge >= 0.3 is 12.2 Å². The number of hydrogen-bond acceptors (Lipinski definition) is 5. The number of morpholine rings is 1. The van der Waals surface area contributed by atoms with Crippen LogP contribution in [0.1, 0.15) is 30.5 Å². The van der Waals surface area contributed by atoms with Crippen LogP contribution in [0.2, 0.25) is 0 Å². The molecule has 1 spiro atoms. The summed E-state index contributed by atoms with van der Waals surface area (Å²) in [5.74, 6) is 0.505. The fourth-order valence-electron chi connectivity index (χ4n) is 6.12. The Bertz CT molecular complexity index is 1130. The summed E-state index contributed by atoms with van der Waals surface area (Å²) in [6.45, 7) is 7.36. The van der Waals surface area contributed by atoms with E-state index in [1.807, 2.05) is 9.80 Å². The molecule has 1 N–H and O–H groups in total. The van der Waals surface area contributed by atoms with Crippen molar-refractivity contribution < 1.29 is 22.7 Å². The van der Waals surface area contributed by atoms with E-state index in [9.17, 15) is 18.0 Å². The number of rotatable bonds is 2. The van der Waals surface area contributed by atoms with Gasteiger partial charge in [0.05, 0.1) is 18.8 Å². The predicted octanol–water partition coefficient (Wildman–Crippen LogP) is 2.70. The minimum Gasteiger partial charge on any atom is -0.380 e. The predicted molar refractivity (Wildman–Crippen MR) is 116 cm³/mol. The fraction of sp³-hybridized carbons (Fsp3) is 0.609. The quantitative estimate of drug-likeness (QED) is 0.722. The summed E-state index contributed by atoms with van der Waals surface area (Å²) < 4.78 is 45.8. The third-order valence-corrected chi connectivity index (χ3v) is 7.63. The Morgan fingerprint density at radius 1 is 1.26 bits per heavy atom. The van der Waals surface area contributed by atoms with Gasteiger partial charge in [0, 0.05) is 55.9 Å². The third kappa shape index (κ3) is 3.79. The van der Waals surface area contributed by atoms with Gasteiger partial charge < -0.3 is 19.9 Å². The summed E-state index contributed by atoms with van der Waals surface area (Å²) in [4.78, 5) is 24.5. The molecule has 1 saturated carbocycles. The number of carbonyl (C=O) groups is 1. The largest absolute Gasteiger partial charge is 0.434 e. The number of carbonyl (C=O) groups excluding carboxylic acids is 1. The molecule has 2 aromatic heterocycles. The molecule has 1 aliphatic carbocycles. The van der Waals surface area contributed by atoms with Crippen LogP contribution in [0.25, 0.3) is 5.78 Å². The van der Waals surface area contributed by atoms with Gasteiger partial charge in [-0.25, -0.2) is 14.8 Å². The molecule has 5 heterocycles. The first-order valence-corrected chi connectivity index (χ1v) is 11.7. The van der Waals surface area contributed by atoms with E-state index >= 15 is 0 Å². The maximum Gasteiger partial charge on any atom is 0.434 e. The second kappa shape index (κ2) is 7.59. The first-order chi connectivity index (χ1) is 16.2. The number of aromatic nitrogens is 3. The maximum atomic E-state index is 13.0. The molecule has 6 rings (SSSR count). The average Bonchev–Trinajstić information content (AvgIpc) is 3.17. The molecular formula is C23H27F3N6O2. The van der Waals surface area contributed by atoms with Gasteiger partial charge in [-0.3, -0.25) is 4.40 Å². The van der Waals surface area contributed by atoms with E-state index in [-0.39, 0.29) is 29.4 Å². The normalized spacial score (nSPS) is 26.7. The number of fused-ring (bicyclic) bond motifs is 2. The highest BCUT2D eigenvalue weighted by Crippen LogP contribution is 2.53. The number of likely N-dealkylation sites (tertiary alicyclic amines) is 2. The van der Waals surface area contributed by atoms with E-state index in [0.717, 1.165) is 56.2 Å². The van der Waals surface area contributed by atoms with Crippen LogP contribution in [0.15, 0.2) is 30.9 Å². The molecule has 3 saturated heterocycles. The molecule has 0 aromatic carbocycles. The van der Waals surface area contributed by atoms with Gasteiger partial charge in [0.2, 0.25) is 5.78 Å². The highest BCUT2D eigenvalue weighted by atomic mass is 19.4. The molecular weight excluding hydrogens is 449 g/mol. The number of piperidine rings is 1. The van der Waals surface area contributed by atoms with Crippen molar-refractivity contribution >= 4 is 11.8 Å². The molecule has 4 aliphatic rings. The number of imidazole rings is 1. The number of alkyl halides is 3. The van der Waals surface area contributed by atoms with E-state index < -0.39 is 11.9 Å². The first-order valence-electron chi connectivity index (χ1n) is 11.7. The highest BCUT2D eigenvalue weighted by Gasteiger charge is 2.54. The number of hydrogen-bond donors (Lipinski definition) is 1. The number of amides is 2. The molecule has 2 amide bonds. The van der Waals surface area contributed by atoms with Crippen molar-refractivity contribution in [1.29, 1.82) is 0 Å². The lowest BCUT2D eigenvalue weighted by Gasteiger charge is -2.60. The molecule has 0 unspecified atom stereocenters. The number of nitrogens with one attached hydrogen (secondary N) is 1. The van der Waals surface area contributed by atoms with Gasteiger partial charge in [0.25, 0.3) is 0 Å². The van der Waals surface area contributed by atoms with Crippen molar-refractivity contribution in [2.24, 2.45) is 11.3 Å². The molecule has 0 radical (unpaired) electrons. The molecule has 2 aromatic rings. The molecule has 0 bridgehead atoms. The Kier molecular flexibility index (Phi) is 4.84. The zero-order valence-corrected chi connectivity index (χ0v) is 18.7. The first kappa shape index (κ1) is 21.7. The van der Waals surface area contributed by atoms with Crippen LogP contribution in [0.3, 0.4) is 0 Å². The Hall–Kier alpha value is -2.82. The smallest absolute Gasteiger partial charge is 0.380 e. The average molecular weight is 477 g/mol. The van der Waals surface area contributed by atoms with Gasteiger partial charge in [0.15, 0.2) is 5.69 Å². The van der Waals surface area contributed by atoms with Crippen molar-refractivity contribution in [3.63, 3.8) is 0 Å². The Morgan fingerprint density at radius 3 is 2.82 bits per heavy atom. The number of nitrogens with zero attached hydrogens (tertiary/aromatic N) is 5. The third-order valence-electron chi connectivity index (χ3n) is 7.63. The van der Waals surface area contributed by atoms with Crippen LogP contribution in [0.4, 0.5) is 18.0 Å². The van der Waals surface area contributed by atoms with E-state index in [0.29, 0.717) is 25.6 Å². The molecule has 3 aliphatic heterocycles. The van der Waals surface area contributed by atoms with Crippen LogP contribution >= 0.6 is 0 Å². The Balaban J connectivity index is 1.00. The van der Waals surface area contributed by atoms with Crippen molar-refractivity contribution in [3.05, 3.63) is 42.1 Å². The zero-order valence-electron chi connectivity index (χ0n) is 18.7. The summed E-state index contributed by atoms with van der Waals surface area (Å²) in [7, 11) is 0. The summed E-state index contributed by atoms with van der Waals surface area (Å²) in [6, 6.07) is 0.205. The van der Waals surface area contributed by atoms with E-state index in [2.05, 4.69) is 21.9 Å². The van der Waals surface area contributed by atoms with Gasteiger partial charge in [-0.05, 0) is 37.2 Å². The Morgan fingerprint density at radius 2 is 2.06 bits per heavy atom. The minimum absolute atomic E-state index is 0.0534. The van der Waals surface area contributed by atoms with Crippen molar-refractivity contribution in [2.45, 2.75) is 44.0 Å². The molecule has 2 atom stereocenters. The van der Waals surface area contributed by atoms with Crippen LogP contribution in [0, 0.1) is 11.3 Å². The minimum atomic E-state index is -4.48. The molecule has 4 fully saturated rings. The monoisotopic (exact) mass is 476 g/mol. The van der Waals surface area contributed by atoms with Crippen molar-refractivity contribution in [3.8, 4) is 0 Å². The van der Waals surface area contributed by atoms with Gasteiger partial charge in [-0.15, -0.1) is 0 Å².